The zero-order valence-corrected chi connectivity index (χ0v) is 39.3. The van der Waals surface area contributed by atoms with Gasteiger partial charge in [0.15, 0.2) is 6.04 Å². The summed E-state index contributed by atoms with van der Waals surface area (Å²) in [4.78, 5) is 87.8. The summed E-state index contributed by atoms with van der Waals surface area (Å²) < 4.78 is 36.0. The fraction of sp³-hybridized carbons (Fsp3) is 0.490. The van der Waals surface area contributed by atoms with Crippen molar-refractivity contribution in [2.75, 3.05) is 13.2 Å². The fourth-order valence-corrected chi connectivity index (χ4v) is 9.72. The van der Waals surface area contributed by atoms with Crippen molar-refractivity contribution in [3.8, 4) is 0 Å². The van der Waals surface area contributed by atoms with Crippen LogP contribution in [-0.2, 0) is 74.4 Å². The lowest BCUT2D eigenvalue weighted by Crippen LogP contribution is -2.71. The van der Waals surface area contributed by atoms with Crippen LogP contribution >= 0.6 is 0 Å². The van der Waals surface area contributed by atoms with Gasteiger partial charge in [0.25, 0.3) is 0 Å². The summed E-state index contributed by atoms with van der Waals surface area (Å²) in [5.74, 6) is -5.80. The number of carbonyl (C=O) groups excluding carboxylic acids is 6. The summed E-state index contributed by atoms with van der Waals surface area (Å²) >= 11 is 0. The first kappa shape index (κ1) is 49.4. The number of esters is 4. The van der Waals surface area contributed by atoms with Gasteiger partial charge in [-0.15, -0.1) is 0 Å². The average molecular weight is 954 g/mol. The molecule has 368 valence electrons. The first-order valence-electron chi connectivity index (χ1n) is 23.1. The Morgan fingerprint density at radius 1 is 0.899 bits per heavy atom. The Kier molecular flexibility index (Phi) is 13.9. The van der Waals surface area contributed by atoms with Gasteiger partial charge in [-0.05, 0) is 51.3 Å². The van der Waals surface area contributed by atoms with Crippen molar-refractivity contribution < 1.29 is 72.2 Å². The molecule has 8 rings (SSSR count). The molecule has 0 aromatic heterocycles. The maximum Gasteiger partial charge on any atom is 0.348 e. The number of nitrogens with one attached hydrogen (secondary N) is 2. The lowest BCUT2D eigenvalue weighted by molar-refractivity contribution is -0.213. The number of ether oxygens (including phenoxy) is 6. The van der Waals surface area contributed by atoms with E-state index in [0.717, 1.165) is 0 Å². The van der Waals surface area contributed by atoms with Crippen molar-refractivity contribution >= 4 is 41.8 Å². The Bertz CT molecular complexity index is 2400. The molecular weight excluding hydrogens is 895 g/mol. The van der Waals surface area contributed by atoms with Crippen molar-refractivity contribution in [1.82, 2.24) is 15.7 Å². The summed E-state index contributed by atoms with van der Waals surface area (Å²) in [7, 11) is 0. The zero-order chi connectivity index (χ0) is 49.5. The first-order valence-corrected chi connectivity index (χ1v) is 23.1. The molecule has 10 atom stereocenters. The quantitative estimate of drug-likeness (QED) is 0.0918. The molecule has 2 bridgehead atoms. The monoisotopic (exact) mass is 953 g/mol. The minimum atomic E-state index is -1.78. The zero-order valence-electron chi connectivity index (χ0n) is 39.3. The Morgan fingerprint density at radius 2 is 1.54 bits per heavy atom. The van der Waals surface area contributed by atoms with E-state index in [1.54, 1.807) is 58.9 Å². The van der Waals surface area contributed by atoms with Gasteiger partial charge < -0.3 is 49.3 Å². The second-order valence-corrected chi connectivity index (χ2v) is 19.9. The molecular formula is C51H59N3O15. The molecule has 3 aromatic rings. The molecule has 18 heteroatoms. The number of hydroxylamine groups is 2. The highest BCUT2D eigenvalue weighted by atomic mass is 16.8. The number of benzene rings is 3. The smallest absolute Gasteiger partial charge is 0.348 e. The molecule has 18 nitrogen and oxygen atoms in total. The van der Waals surface area contributed by atoms with Crippen molar-refractivity contribution in [1.29, 1.82) is 0 Å². The van der Waals surface area contributed by atoms with Crippen molar-refractivity contribution in [3.05, 3.63) is 113 Å². The summed E-state index contributed by atoms with van der Waals surface area (Å²) in [5.41, 5.74) is -0.662. The molecule has 3 aromatic carbocycles. The predicted molar refractivity (Wildman–Crippen MR) is 242 cm³/mol. The summed E-state index contributed by atoms with van der Waals surface area (Å²) in [5, 5.41) is 28.0. The number of amides is 2. The molecule has 4 heterocycles. The second-order valence-electron chi connectivity index (χ2n) is 19.9. The van der Waals surface area contributed by atoms with Gasteiger partial charge >= 0.3 is 23.9 Å². The standard InChI is InChI=1S/C51H59N3O15/c1-29(56)38(44(59)52-34(27-55)22-24-37(58)66-48(2,3)4)53-47(62)50-25-35-39-40(68-51(67-39,32-13-9-7-10-14-32)33-15-11-8-12-16-33)42(50)69-54(41(50)45(60)64-35)26-31-19-17-30(18-20-31)21-23-36(57)65-43-46(61)63-28-49(43,5)6/h7-21,23,29,34-35,38-43,55-56H,22,24-28H2,1-6H3,(H,52,59)(H,53,62). The van der Waals surface area contributed by atoms with E-state index in [-0.39, 0.29) is 32.4 Å². The Morgan fingerprint density at radius 3 is 2.12 bits per heavy atom. The van der Waals surface area contributed by atoms with Gasteiger partial charge in [-0.3, -0.25) is 24.0 Å². The molecule has 1 aliphatic carbocycles. The highest BCUT2D eigenvalue weighted by Gasteiger charge is 2.77. The van der Waals surface area contributed by atoms with Crippen LogP contribution in [0.3, 0.4) is 0 Å². The number of nitrogens with zero attached hydrogens (tertiary/aromatic N) is 1. The van der Waals surface area contributed by atoms with E-state index in [1.165, 1.54) is 24.1 Å². The molecule has 4 saturated heterocycles. The Labute approximate surface area is 399 Å². The topological polar surface area (TPSA) is 235 Å². The molecule has 10 unspecified atom stereocenters. The van der Waals surface area contributed by atoms with E-state index in [2.05, 4.69) is 10.6 Å². The van der Waals surface area contributed by atoms with E-state index in [1.807, 2.05) is 60.7 Å². The van der Waals surface area contributed by atoms with Crippen LogP contribution in [0.5, 0.6) is 0 Å². The van der Waals surface area contributed by atoms with Crippen LogP contribution in [0.4, 0.5) is 0 Å². The van der Waals surface area contributed by atoms with Crippen LogP contribution in [0.25, 0.3) is 6.08 Å². The third kappa shape index (κ3) is 9.91. The third-order valence-electron chi connectivity index (χ3n) is 13.1. The SMILES string of the molecule is CC(O)C(NC(=O)C12CC3OC(=O)C1N(Cc1ccc(C=CC(=O)OC4C(=O)OCC4(C)C)cc1)OC2C1OC(c2ccccc2)(c2ccccc2)OC31)C(=O)NC(CO)CCC(=O)OC(C)(C)C. The number of aliphatic hydroxyl groups is 2. The van der Waals surface area contributed by atoms with Gasteiger partial charge in [0.2, 0.25) is 23.7 Å². The molecule has 5 fully saturated rings. The lowest BCUT2D eigenvalue weighted by atomic mass is 9.62. The second kappa shape index (κ2) is 19.4. The number of cyclic esters (lactones) is 1. The largest absolute Gasteiger partial charge is 0.462 e. The predicted octanol–water partition coefficient (Wildman–Crippen LogP) is 3.14. The van der Waals surface area contributed by atoms with Crippen molar-refractivity contribution in [3.63, 3.8) is 0 Å². The number of fused-ring (bicyclic) bond motifs is 4. The molecule has 69 heavy (non-hydrogen) atoms. The van der Waals surface area contributed by atoms with Gasteiger partial charge in [-0.1, -0.05) is 98.8 Å². The van der Waals surface area contributed by atoms with Crippen LogP contribution in [0.2, 0.25) is 0 Å². The maximum absolute atomic E-state index is 15.3. The van der Waals surface area contributed by atoms with E-state index >= 15 is 4.79 Å². The van der Waals surface area contributed by atoms with Crippen molar-refractivity contribution in [2.45, 2.75) is 133 Å². The van der Waals surface area contributed by atoms with Gasteiger partial charge in [0.1, 0.15) is 48.1 Å². The van der Waals surface area contributed by atoms with Crippen LogP contribution in [0, 0.1) is 10.8 Å². The summed E-state index contributed by atoms with van der Waals surface area (Å²) in [6.45, 7) is 9.56. The van der Waals surface area contributed by atoms with E-state index in [4.69, 9.17) is 33.3 Å². The highest BCUT2D eigenvalue weighted by molar-refractivity contribution is 5.96. The summed E-state index contributed by atoms with van der Waals surface area (Å²) in [6, 6.07) is 21.5. The van der Waals surface area contributed by atoms with E-state index < -0.39 is 119 Å². The molecule has 2 amide bonds. The lowest BCUT2D eigenvalue weighted by Gasteiger charge is -2.49. The number of rotatable bonds is 16. The minimum Gasteiger partial charge on any atom is -0.462 e. The van der Waals surface area contributed by atoms with Crippen LogP contribution < -0.4 is 10.6 Å². The average Bonchev–Trinajstić information content (AvgIpc) is 3.97. The Balaban J connectivity index is 1.08. The third-order valence-corrected chi connectivity index (χ3v) is 13.1. The van der Waals surface area contributed by atoms with Gasteiger partial charge in [0.05, 0.1) is 25.3 Å². The van der Waals surface area contributed by atoms with Crippen LogP contribution in [-0.4, -0.2) is 125 Å². The Hall–Kier alpha value is -6.02. The summed E-state index contributed by atoms with van der Waals surface area (Å²) in [6.07, 6.45) is -4.19. The first-order chi connectivity index (χ1) is 32.7. The maximum atomic E-state index is 15.3. The molecule has 1 saturated carbocycles. The molecule has 4 aliphatic heterocycles. The van der Waals surface area contributed by atoms with Crippen LogP contribution in [0.15, 0.2) is 91.0 Å². The fourth-order valence-electron chi connectivity index (χ4n) is 9.72. The van der Waals surface area contributed by atoms with Gasteiger partial charge in [0, 0.05) is 35.5 Å². The van der Waals surface area contributed by atoms with Gasteiger partial charge in [-0.25, -0.2) is 9.59 Å². The van der Waals surface area contributed by atoms with E-state index in [0.29, 0.717) is 22.3 Å². The van der Waals surface area contributed by atoms with Gasteiger partial charge in [-0.2, -0.15) is 5.06 Å². The highest BCUT2D eigenvalue weighted by Crippen LogP contribution is 2.59. The molecule has 4 N–H and O–H groups in total. The number of aliphatic hydroxyl groups excluding tert-OH is 2. The van der Waals surface area contributed by atoms with Crippen molar-refractivity contribution in [2.24, 2.45) is 10.8 Å². The number of carbonyl (C=O) groups is 6. The normalized spacial score (nSPS) is 27.9. The molecule has 0 spiro atoms. The minimum absolute atomic E-state index is 0.00767. The van der Waals surface area contributed by atoms with Crippen LogP contribution in [0.1, 0.15) is 83.1 Å². The van der Waals surface area contributed by atoms with E-state index in [9.17, 15) is 34.2 Å². The number of hydrogen-bond donors (Lipinski definition) is 4. The molecule has 5 aliphatic rings. The molecule has 0 radical (unpaired) electrons. The number of hydrogen-bond acceptors (Lipinski definition) is 16.